The summed E-state index contributed by atoms with van der Waals surface area (Å²) in [6.45, 7) is 1.90. The van der Waals surface area contributed by atoms with Gasteiger partial charge >= 0.3 is 0 Å². The summed E-state index contributed by atoms with van der Waals surface area (Å²) < 4.78 is 13.6. The number of rotatable bonds is 4. The molecule has 0 spiro atoms. The number of imide groups is 1. The third-order valence-corrected chi connectivity index (χ3v) is 5.09. The first kappa shape index (κ1) is 17.2. The Morgan fingerprint density at radius 3 is 2.48 bits per heavy atom. The third kappa shape index (κ3) is 3.15. The third-order valence-electron chi connectivity index (χ3n) is 4.21. The van der Waals surface area contributed by atoms with Crippen molar-refractivity contribution < 1.29 is 14.0 Å². The van der Waals surface area contributed by atoms with Crippen LogP contribution >= 0.6 is 11.3 Å². The normalized spacial score (nSPS) is 14.2. The number of benzene rings is 2. The number of thiophene rings is 1. The number of hydrogen-bond donors (Lipinski definition) is 1. The van der Waals surface area contributed by atoms with Crippen LogP contribution in [-0.4, -0.2) is 11.8 Å². The summed E-state index contributed by atoms with van der Waals surface area (Å²) in [6.07, 6.45) is 0. The van der Waals surface area contributed by atoms with E-state index in [0.29, 0.717) is 21.8 Å². The predicted molar refractivity (Wildman–Crippen MR) is 105 cm³/mol. The molecule has 0 radical (unpaired) electrons. The molecule has 6 heteroatoms. The molecule has 0 atom stereocenters. The Hall–Kier alpha value is -3.25. The van der Waals surface area contributed by atoms with E-state index in [2.05, 4.69) is 5.32 Å². The van der Waals surface area contributed by atoms with Crippen molar-refractivity contribution in [2.45, 2.75) is 6.92 Å². The summed E-state index contributed by atoms with van der Waals surface area (Å²) in [5, 5.41) is 4.79. The van der Waals surface area contributed by atoms with Gasteiger partial charge in [-0.3, -0.25) is 9.59 Å². The van der Waals surface area contributed by atoms with Crippen molar-refractivity contribution in [1.82, 2.24) is 0 Å². The maximum Gasteiger partial charge on any atom is 0.282 e. The van der Waals surface area contributed by atoms with E-state index in [1.807, 2.05) is 24.4 Å². The molecule has 27 heavy (non-hydrogen) atoms. The SMILES string of the molecule is Cc1cccc(N2C(=O)C(Nc3cccc(F)c3)=C(c3cccs3)C2=O)c1. The standard InChI is InChI=1S/C21H15FN2O2S/c1-13-5-2-8-16(11-13)24-20(25)18(17-9-4-10-27-17)19(21(24)26)23-15-7-3-6-14(22)12-15/h2-12,23H,1H3. The largest absolute Gasteiger partial charge is 0.350 e. The zero-order valence-corrected chi connectivity index (χ0v) is 15.2. The Labute approximate surface area is 159 Å². The van der Waals surface area contributed by atoms with Crippen molar-refractivity contribution in [1.29, 1.82) is 0 Å². The average molecular weight is 378 g/mol. The molecule has 1 aliphatic rings. The first-order chi connectivity index (χ1) is 13.0. The number of nitrogens with one attached hydrogen (secondary N) is 1. The van der Waals surface area contributed by atoms with Gasteiger partial charge < -0.3 is 5.32 Å². The van der Waals surface area contributed by atoms with Gasteiger partial charge in [-0.05, 0) is 54.3 Å². The maximum atomic E-state index is 13.6. The number of amides is 2. The lowest BCUT2D eigenvalue weighted by molar-refractivity contribution is -0.120. The molecule has 0 aliphatic carbocycles. The molecule has 1 aliphatic heterocycles. The van der Waals surface area contributed by atoms with Gasteiger partial charge in [0.05, 0.1) is 11.3 Å². The molecule has 2 aromatic carbocycles. The van der Waals surface area contributed by atoms with Crippen molar-refractivity contribution in [2.24, 2.45) is 0 Å². The van der Waals surface area contributed by atoms with Gasteiger partial charge in [-0.25, -0.2) is 9.29 Å². The average Bonchev–Trinajstić information content (AvgIpc) is 3.22. The number of hydrogen-bond acceptors (Lipinski definition) is 4. The van der Waals surface area contributed by atoms with Gasteiger partial charge in [0.1, 0.15) is 11.5 Å². The van der Waals surface area contributed by atoms with Crippen LogP contribution in [0, 0.1) is 12.7 Å². The number of carbonyl (C=O) groups excluding carboxylic acids is 2. The van der Waals surface area contributed by atoms with Crippen molar-refractivity contribution >= 4 is 40.1 Å². The van der Waals surface area contributed by atoms with E-state index in [1.54, 1.807) is 36.4 Å². The molecule has 0 saturated carbocycles. The van der Waals surface area contributed by atoms with Gasteiger partial charge in [0.25, 0.3) is 11.8 Å². The molecule has 3 aromatic rings. The molecule has 2 amide bonds. The first-order valence-corrected chi connectivity index (χ1v) is 9.19. The second-order valence-electron chi connectivity index (χ2n) is 6.15. The quantitative estimate of drug-likeness (QED) is 0.676. The number of anilines is 2. The molecule has 134 valence electrons. The molecule has 1 N–H and O–H groups in total. The minimum atomic E-state index is -0.460. The van der Waals surface area contributed by atoms with Gasteiger partial charge in [0.2, 0.25) is 0 Å². The summed E-state index contributed by atoms with van der Waals surface area (Å²) in [5.41, 5.74) is 2.30. The number of carbonyl (C=O) groups is 2. The van der Waals surface area contributed by atoms with E-state index in [0.717, 1.165) is 10.5 Å². The van der Waals surface area contributed by atoms with Crippen LogP contribution in [0.3, 0.4) is 0 Å². The topological polar surface area (TPSA) is 49.4 Å². The molecule has 4 rings (SSSR count). The Balaban J connectivity index is 1.81. The number of aryl methyl sites for hydroxylation is 1. The fraction of sp³-hybridized carbons (Fsp3) is 0.0476. The second-order valence-corrected chi connectivity index (χ2v) is 7.10. The highest BCUT2D eigenvalue weighted by atomic mass is 32.1. The lowest BCUT2D eigenvalue weighted by Crippen LogP contribution is -2.32. The van der Waals surface area contributed by atoms with E-state index >= 15 is 0 Å². The molecule has 4 nitrogen and oxygen atoms in total. The van der Waals surface area contributed by atoms with E-state index in [1.165, 1.54) is 23.5 Å². The summed E-state index contributed by atoms with van der Waals surface area (Å²) in [6, 6.07) is 16.6. The highest BCUT2D eigenvalue weighted by molar-refractivity contribution is 7.11. The van der Waals surface area contributed by atoms with Gasteiger partial charge in [-0.1, -0.05) is 24.3 Å². The van der Waals surface area contributed by atoms with E-state index in [9.17, 15) is 14.0 Å². The molecular weight excluding hydrogens is 363 g/mol. The minimum absolute atomic E-state index is 0.148. The molecular formula is C21H15FN2O2S. The second kappa shape index (κ2) is 6.81. The van der Waals surface area contributed by atoms with Crippen molar-refractivity contribution in [3.05, 3.63) is 88.0 Å². The van der Waals surface area contributed by atoms with Crippen LogP contribution in [-0.2, 0) is 9.59 Å². The highest BCUT2D eigenvalue weighted by Gasteiger charge is 2.40. The Kier molecular flexibility index (Phi) is 4.33. The van der Waals surface area contributed by atoms with Gasteiger partial charge in [0, 0.05) is 10.6 Å². The molecule has 1 aromatic heterocycles. The fourth-order valence-corrected chi connectivity index (χ4v) is 3.78. The molecule has 0 bridgehead atoms. The van der Waals surface area contributed by atoms with Gasteiger partial charge in [-0.15, -0.1) is 11.3 Å². The first-order valence-electron chi connectivity index (χ1n) is 8.31. The monoisotopic (exact) mass is 378 g/mol. The van der Waals surface area contributed by atoms with Crippen molar-refractivity contribution in [2.75, 3.05) is 10.2 Å². The summed E-state index contributed by atoms with van der Waals surface area (Å²) >= 11 is 1.37. The number of halogens is 1. The predicted octanol–water partition coefficient (Wildman–Crippen LogP) is 4.59. The molecule has 0 saturated heterocycles. The Morgan fingerprint density at radius 1 is 0.963 bits per heavy atom. The summed E-state index contributed by atoms with van der Waals surface area (Å²) in [4.78, 5) is 28.1. The molecule has 0 fully saturated rings. The zero-order chi connectivity index (χ0) is 19.0. The van der Waals surface area contributed by atoms with Crippen LogP contribution in [0.15, 0.2) is 71.7 Å². The maximum absolute atomic E-state index is 13.6. The highest BCUT2D eigenvalue weighted by Crippen LogP contribution is 2.35. The van der Waals surface area contributed by atoms with E-state index < -0.39 is 17.6 Å². The van der Waals surface area contributed by atoms with E-state index in [-0.39, 0.29) is 5.70 Å². The van der Waals surface area contributed by atoms with Gasteiger partial charge in [0.15, 0.2) is 0 Å². The molecule has 2 heterocycles. The van der Waals surface area contributed by atoms with Crippen LogP contribution in [0.2, 0.25) is 0 Å². The van der Waals surface area contributed by atoms with Crippen LogP contribution in [0.5, 0.6) is 0 Å². The fourth-order valence-electron chi connectivity index (χ4n) is 3.01. The van der Waals surface area contributed by atoms with Crippen LogP contribution < -0.4 is 10.2 Å². The summed E-state index contributed by atoms with van der Waals surface area (Å²) in [5.74, 6) is -1.28. The van der Waals surface area contributed by atoms with Crippen LogP contribution in [0.4, 0.5) is 15.8 Å². The lowest BCUT2D eigenvalue weighted by Gasteiger charge is -2.16. The Bertz CT molecular complexity index is 1070. The van der Waals surface area contributed by atoms with Gasteiger partial charge in [-0.2, -0.15) is 0 Å². The smallest absolute Gasteiger partial charge is 0.282 e. The van der Waals surface area contributed by atoms with E-state index in [4.69, 9.17) is 0 Å². The van der Waals surface area contributed by atoms with Crippen LogP contribution in [0.25, 0.3) is 5.57 Å². The summed E-state index contributed by atoms with van der Waals surface area (Å²) in [7, 11) is 0. The Morgan fingerprint density at radius 2 is 1.78 bits per heavy atom. The van der Waals surface area contributed by atoms with Crippen molar-refractivity contribution in [3.8, 4) is 0 Å². The molecule has 0 unspecified atom stereocenters. The zero-order valence-electron chi connectivity index (χ0n) is 14.4. The minimum Gasteiger partial charge on any atom is -0.350 e. The lowest BCUT2D eigenvalue weighted by atomic mass is 10.1. The number of nitrogens with zero attached hydrogens (tertiary/aromatic N) is 1. The van der Waals surface area contributed by atoms with Crippen LogP contribution in [0.1, 0.15) is 10.4 Å². The van der Waals surface area contributed by atoms with Crippen molar-refractivity contribution in [3.63, 3.8) is 0 Å².